The molecule has 3 aliphatic carbocycles. The van der Waals surface area contributed by atoms with Crippen molar-refractivity contribution in [1.29, 1.82) is 0 Å². The van der Waals surface area contributed by atoms with Crippen LogP contribution in [-0.4, -0.2) is 54.0 Å². The van der Waals surface area contributed by atoms with Crippen LogP contribution in [0.1, 0.15) is 43.0 Å². The summed E-state index contributed by atoms with van der Waals surface area (Å²) >= 11 is 0. The fourth-order valence-corrected chi connectivity index (χ4v) is 7.50. The lowest BCUT2D eigenvalue weighted by Gasteiger charge is -2.63. The molecule has 5 nitrogen and oxygen atoms in total. The Kier molecular flexibility index (Phi) is 2.75. The normalized spacial score (nSPS) is 52.0. The fraction of sp³-hybridized carbons (Fsp3) is 0.842. The smallest absolute Gasteiger partial charge is 0.106 e. The maximum absolute atomic E-state index is 6.84. The lowest BCUT2D eigenvalue weighted by Crippen LogP contribution is -2.65. The van der Waals surface area contributed by atoms with Gasteiger partial charge in [0.15, 0.2) is 0 Å². The molecule has 1 aromatic rings. The van der Waals surface area contributed by atoms with E-state index >= 15 is 0 Å². The lowest BCUT2D eigenvalue weighted by molar-refractivity contribution is -0.137. The summed E-state index contributed by atoms with van der Waals surface area (Å²) in [6.07, 6.45) is 9.06. The molecule has 2 saturated carbocycles. The van der Waals surface area contributed by atoms with Crippen LogP contribution in [0.3, 0.4) is 0 Å². The SMILES string of the molecule is COC1CCC2CC3C4Cc5cn[nH]c5C5OC1C2C54CCN3C. The van der Waals surface area contributed by atoms with Crippen LogP contribution in [0.25, 0.3) is 0 Å². The molecule has 5 aliphatic rings. The number of aromatic amines is 1. The molecule has 8 atom stereocenters. The molecule has 4 fully saturated rings. The maximum Gasteiger partial charge on any atom is 0.106 e. The second-order valence-corrected chi connectivity index (χ2v) is 8.88. The van der Waals surface area contributed by atoms with Crippen LogP contribution >= 0.6 is 0 Å². The molecule has 6 rings (SSSR count). The summed E-state index contributed by atoms with van der Waals surface area (Å²) in [5, 5.41) is 7.69. The fourth-order valence-electron chi connectivity index (χ4n) is 7.50. The molecule has 2 saturated heterocycles. The van der Waals surface area contributed by atoms with E-state index in [0.717, 1.165) is 12.3 Å². The van der Waals surface area contributed by atoms with Crippen LogP contribution in [0.4, 0.5) is 0 Å². The van der Waals surface area contributed by atoms with Gasteiger partial charge < -0.3 is 14.4 Å². The largest absolute Gasteiger partial charge is 0.379 e. The van der Waals surface area contributed by atoms with E-state index in [4.69, 9.17) is 9.47 Å². The second kappa shape index (κ2) is 4.63. The van der Waals surface area contributed by atoms with E-state index in [0.29, 0.717) is 23.3 Å². The quantitative estimate of drug-likeness (QED) is 0.858. The minimum atomic E-state index is 0.207. The first-order chi connectivity index (χ1) is 11.7. The molecule has 0 aromatic carbocycles. The van der Waals surface area contributed by atoms with Crippen LogP contribution in [0, 0.1) is 23.2 Å². The Morgan fingerprint density at radius 1 is 1.42 bits per heavy atom. The van der Waals surface area contributed by atoms with Crippen molar-refractivity contribution < 1.29 is 9.47 Å². The third-order valence-electron chi connectivity index (χ3n) is 8.37. The van der Waals surface area contributed by atoms with Gasteiger partial charge in [0.25, 0.3) is 0 Å². The molecule has 1 aromatic heterocycles. The monoisotopic (exact) mass is 329 g/mol. The van der Waals surface area contributed by atoms with Crippen molar-refractivity contribution in [2.75, 3.05) is 20.7 Å². The first-order valence-electron chi connectivity index (χ1n) is 9.64. The standard InChI is InChI=1S/C19H27N3O2/c1-22-6-5-19-12-7-11-9-20-21-16(11)18(19)24-17-14(23-2)4-3-10(15(17)19)8-13(12)22/h9-10,12-15,17-18H,3-8H2,1-2H3,(H,20,21). The van der Waals surface area contributed by atoms with Gasteiger partial charge >= 0.3 is 0 Å². The highest BCUT2D eigenvalue weighted by Gasteiger charge is 2.71. The number of hydrogen-bond acceptors (Lipinski definition) is 4. The van der Waals surface area contributed by atoms with Gasteiger partial charge in [-0.05, 0) is 69.0 Å². The van der Waals surface area contributed by atoms with Gasteiger partial charge in [0.05, 0.1) is 24.1 Å². The summed E-state index contributed by atoms with van der Waals surface area (Å²) in [5.41, 5.74) is 2.98. The third-order valence-corrected chi connectivity index (χ3v) is 8.37. The first-order valence-corrected chi connectivity index (χ1v) is 9.64. The van der Waals surface area contributed by atoms with Crippen molar-refractivity contribution in [2.45, 2.75) is 56.5 Å². The van der Waals surface area contributed by atoms with Crippen LogP contribution in [0.15, 0.2) is 6.20 Å². The summed E-state index contributed by atoms with van der Waals surface area (Å²) in [5.74, 6) is 2.20. The molecule has 24 heavy (non-hydrogen) atoms. The summed E-state index contributed by atoms with van der Waals surface area (Å²) in [6.45, 7) is 1.21. The Morgan fingerprint density at radius 2 is 2.33 bits per heavy atom. The van der Waals surface area contributed by atoms with Crippen molar-refractivity contribution in [3.8, 4) is 0 Å². The minimum Gasteiger partial charge on any atom is -0.379 e. The van der Waals surface area contributed by atoms with E-state index in [9.17, 15) is 0 Å². The summed E-state index contributed by atoms with van der Waals surface area (Å²) in [7, 11) is 4.21. The molecule has 2 bridgehead atoms. The third kappa shape index (κ3) is 1.47. The number of ether oxygens (including phenoxy) is 2. The summed E-state index contributed by atoms with van der Waals surface area (Å²) in [4.78, 5) is 2.64. The topological polar surface area (TPSA) is 50.4 Å². The molecule has 8 unspecified atom stereocenters. The Hall–Kier alpha value is -0.910. The van der Waals surface area contributed by atoms with E-state index < -0.39 is 0 Å². The summed E-state index contributed by atoms with van der Waals surface area (Å²) < 4.78 is 12.7. The molecule has 1 spiro atoms. The van der Waals surface area contributed by atoms with Gasteiger partial charge in [-0.15, -0.1) is 0 Å². The summed E-state index contributed by atoms with van der Waals surface area (Å²) in [6, 6.07) is 0.715. The van der Waals surface area contributed by atoms with E-state index in [1.54, 1.807) is 0 Å². The van der Waals surface area contributed by atoms with E-state index in [1.807, 2.05) is 13.3 Å². The maximum atomic E-state index is 6.84. The van der Waals surface area contributed by atoms with Crippen molar-refractivity contribution in [3.05, 3.63) is 17.5 Å². The molecule has 2 aliphatic heterocycles. The van der Waals surface area contributed by atoms with E-state index in [-0.39, 0.29) is 18.3 Å². The number of nitrogens with zero attached hydrogens (tertiary/aromatic N) is 2. The average Bonchev–Trinajstić information content (AvgIpc) is 3.18. The lowest BCUT2D eigenvalue weighted by atomic mass is 9.45. The van der Waals surface area contributed by atoms with Crippen LogP contribution in [0.2, 0.25) is 0 Å². The number of fused-ring (bicyclic) bond motifs is 2. The van der Waals surface area contributed by atoms with Gasteiger partial charge in [-0.1, -0.05) is 0 Å². The predicted molar refractivity (Wildman–Crippen MR) is 88.5 cm³/mol. The molecule has 0 radical (unpaired) electrons. The van der Waals surface area contributed by atoms with Crippen LogP contribution < -0.4 is 0 Å². The molecule has 3 heterocycles. The zero-order valence-electron chi connectivity index (χ0n) is 14.6. The number of hydrogen-bond donors (Lipinski definition) is 1. The number of nitrogens with one attached hydrogen (secondary N) is 1. The number of aromatic nitrogens is 2. The van der Waals surface area contributed by atoms with Crippen LogP contribution in [-0.2, 0) is 15.9 Å². The van der Waals surface area contributed by atoms with E-state index in [2.05, 4.69) is 22.1 Å². The minimum absolute atomic E-state index is 0.207. The molecule has 130 valence electrons. The number of piperidine rings is 1. The molecular formula is C19H27N3O2. The number of H-pyrrole nitrogens is 1. The van der Waals surface area contributed by atoms with E-state index in [1.165, 1.54) is 43.5 Å². The Morgan fingerprint density at radius 3 is 3.21 bits per heavy atom. The first kappa shape index (κ1) is 14.3. The number of rotatable bonds is 1. The molecule has 1 N–H and O–H groups in total. The highest BCUT2D eigenvalue weighted by atomic mass is 16.5. The highest BCUT2D eigenvalue weighted by molar-refractivity contribution is 5.33. The number of methoxy groups -OCH3 is 1. The Bertz CT molecular complexity index is 675. The van der Waals surface area contributed by atoms with Gasteiger partial charge in [0.1, 0.15) is 6.10 Å². The van der Waals surface area contributed by atoms with Crippen molar-refractivity contribution in [1.82, 2.24) is 15.1 Å². The zero-order valence-corrected chi connectivity index (χ0v) is 14.6. The second-order valence-electron chi connectivity index (χ2n) is 8.88. The highest BCUT2D eigenvalue weighted by Crippen LogP contribution is 2.71. The van der Waals surface area contributed by atoms with Gasteiger partial charge in [-0.2, -0.15) is 5.10 Å². The van der Waals surface area contributed by atoms with Crippen molar-refractivity contribution in [3.63, 3.8) is 0 Å². The van der Waals surface area contributed by atoms with Gasteiger partial charge in [-0.25, -0.2) is 0 Å². The van der Waals surface area contributed by atoms with Crippen molar-refractivity contribution >= 4 is 0 Å². The average molecular weight is 329 g/mol. The van der Waals surface area contributed by atoms with Gasteiger partial charge in [-0.3, -0.25) is 5.10 Å². The Labute approximate surface area is 143 Å². The number of likely N-dealkylation sites (tertiary alicyclic amines) is 1. The Balaban J connectivity index is 1.56. The van der Waals surface area contributed by atoms with Gasteiger partial charge in [0.2, 0.25) is 0 Å². The van der Waals surface area contributed by atoms with Gasteiger partial charge in [0, 0.05) is 18.6 Å². The van der Waals surface area contributed by atoms with Crippen molar-refractivity contribution in [2.24, 2.45) is 23.2 Å². The molecule has 5 heteroatoms. The predicted octanol–water partition coefficient (Wildman–Crippen LogP) is 2.16. The zero-order chi connectivity index (χ0) is 16.1. The molecule has 0 amide bonds. The van der Waals surface area contributed by atoms with Crippen LogP contribution in [0.5, 0.6) is 0 Å². The molecular weight excluding hydrogens is 302 g/mol.